The van der Waals surface area contributed by atoms with Crippen LogP contribution in [-0.4, -0.2) is 41.4 Å². The highest BCUT2D eigenvalue weighted by atomic mass is 16.5. The fraction of sp³-hybridized carbons (Fsp3) is 0.500. The van der Waals surface area contributed by atoms with Crippen molar-refractivity contribution >= 4 is 11.8 Å². The van der Waals surface area contributed by atoms with Crippen LogP contribution in [0.3, 0.4) is 0 Å². The molecule has 0 aliphatic carbocycles. The van der Waals surface area contributed by atoms with Crippen molar-refractivity contribution in [1.29, 1.82) is 0 Å². The summed E-state index contributed by atoms with van der Waals surface area (Å²) in [5.74, 6) is 0.321. The third-order valence-corrected chi connectivity index (χ3v) is 3.26. The molecule has 1 atom stereocenters. The SMILES string of the molecule is CCCC1NC(=O)CN(Cc2cccnc2OC)C1=O. The monoisotopic (exact) mass is 277 g/mol. The summed E-state index contributed by atoms with van der Waals surface area (Å²) >= 11 is 0. The Labute approximate surface area is 118 Å². The van der Waals surface area contributed by atoms with Gasteiger partial charge in [-0.15, -0.1) is 0 Å². The summed E-state index contributed by atoms with van der Waals surface area (Å²) in [6.45, 7) is 2.41. The molecule has 1 saturated heterocycles. The first kappa shape index (κ1) is 14.3. The summed E-state index contributed by atoms with van der Waals surface area (Å²) in [5.41, 5.74) is 0.799. The van der Waals surface area contributed by atoms with E-state index in [-0.39, 0.29) is 18.4 Å². The lowest BCUT2D eigenvalue weighted by molar-refractivity contribution is -0.145. The molecule has 1 aromatic rings. The number of methoxy groups -OCH3 is 1. The molecule has 2 amide bonds. The van der Waals surface area contributed by atoms with Crippen molar-refractivity contribution in [1.82, 2.24) is 15.2 Å². The summed E-state index contributed by atoms with van der Waals surface area (Å²) in [6.07, 6.45) is 3.14. The Balaban J connectivity index is 2.14. The number of nitrogens with zero attached hydrogens (tertiary/aromatic N) is 2. The molecular weight excluding hydrogens is 258 g/mol. The van der Waals surface area contributed by atoms with Crippen molar-refractivity contribution in [2.45, 2.75) is 32.4 Å². The van der Waals surface area contributed by atoms with Crippen molar-refractivity contribution in [2.75, 3.05) is 13.7 Å². The summed E-state index contributed by atoms with van der Waals surface area (Å²) < 4.78 is 5.17. The highest BCUT2D eigenvalue weighted by Gasteiger charge is 2.32. The maximum absolute atomic E-state index is 12.3. The normalized spacial score (nSPS) is 18.9. The Morgan fingerprint density at radius 1 is 1.50 bits per heavy atom. The molecule has 1 unspecified atom stereocenters. The second-order valence-electron chi connectivity index (χ2n) is 4.77. The Bertz CT molecular complexity index is 504. The zero-order chi connectivity index (χ0) is 14.5. The van der Waals surface area contributed by atoms with E-state index in [1.165, 1.54) is 7.11 Å². The first-order chi connectivity index (χ1) is 9.65. The van der Waals surface area contributed by atoms with Gasteiger partial charge in [-0.2, -0.15) is 0 Å². The van der Waals surface area contributed by atoms with E-state index in [0.29, 0.717) is 18.8 Å². The second-order valence-corrected chi connectivity index (χ2v) is 4.77. The van der Waals surface area contributed by atoms with Crippen LogP contribution in [0.5, 0.6) is 5.88 Å². The molecule has 1 aliphatic heterocycles. The minimum Gasteiger partial charge on any atom is -0.481 e. The number of carbonyl (C=O) groups is 2. The predicted octanol–water partition coefficient (Wildman–Crippen LogP) is 0.717. The summed E-state index contributed by atoms with van der Waals surface area (Å²) in [6, 6.07) is 3.22. The Morgan fingerprint density at radius 2 is 2.30 bits per heavy atom. The molecule has 20 heavy (non-hydrogen) atoms. The highest BCUT2D eigenvalue weighted by Crippen LogP contribution is 2.18. The standard InChI is InChI=1S/C14H19N3O3/c1-3-5-11-14(19)17(9-12(18)16-11)8-10-6-4-7-15-13(10)20-2/h4,6-7,11H,3,5,8-9H2,1-2H3,(H,16,18). The molecule has 108 valence electrons. The number of pyridine rings is 1. The van der Waals surface area contributed by atoms with E-state index < -0.39 is 6.04 Å². The van der Waals surface area contributed by atoms with Crippen LogP contribution in [0.2, 0.25) is 0 Å². The lowest BCUT2D eigenvalue weighted by Crippen LogP contribution is -2.57. The molecule has 6 heteroatoms. The molecule has 6 nitrogen and oxygen atoms in total. The van der Waals surface area contributed by atoms with Crippen molar-refractivity contribution in [3.8, 4) is 5.88 Å². The van der Waals surface area contributed by atoms with Gasteiger partial charge in [0, 0.05) is 11.8 Å². The third kappa shape index (κ3) is 3.07. The number of rotatable bonds is 5. The highest BCUT2D eigenvalue weighted by molar-refractivity contribution is 5.94. The maximum Gasteiger partial charge on any atom is 0.245 e. The van der Waals surface area contributed by atoms with Gasteiger partial charge in [0.2, 0.25) is 17.7 Å². The van der Waals surface area contributed by atoms with E-state index in [4.69, 9.17) is 4.74 Å². The largest absolute Gasteiger partial charge is 0.481 e. The van der Waals surface area contributed by atoms with Crippen LogP contribution >= 0.6 is 0 Å². The minimum atomic E-state index is -0.413. The van der Waals surface area contributed by atoms with Crippen molar-refractivity contribution in [3.63, 3.8) is 0 Å². The zero-order valence-corrected chi connectivity index (χ0v) is 11.8. The molecule has 0 radical (unpaired) electrons. The third-order valence-electron chi connectivity index (χ3n) is 3.26. The summed E-state index contributed by atoms with van der Waals surface area (Å²) in [4.78, 5) is 29.7. The average molecular weight is 277 g/mol. The van der Waals surface area contributed by atoms with Crippen LogP contribution in [-0.2, 0) is 16.1 Å². The molecule has 0 bridgehead atoms. The van der Waals surface area contributed by atoms with Gasteiger partial charge in [0.05, 0.1) is 20.2 Å². The van der Waals surface area contributed by atoms with Crippen LogP contribution in [0.15, 0.2) is 18.3 Å². The number of carbonyl (C=O) groups excluding carboxylic acids is 2. The number of hydrogen-bond donors (Lipinski definition) is 1. The lowest BCUT2D eigenvalue weighted by atomic mass is 10.1. The van der Waals surface area contributed by atoms with Crippen LogP contribution in [0.1, 0.15) is 25.3 Å². The zero-order valence-electron chi connectivity index (χ0n) is 11.8. The number of nitrogens with one attached hydrogen (secondary N) is 1. The van der Waals surface area contributed by atoms with Crippen LogP contribution in [0.4, 0.5) is 0 Å². The van der Waals surface area contributed by atoms with Gasteiger partial charge in [0.1, 0.15) is 6.04 Å². The molecule has 1 N–H and O–H groups in total. The van der Waals surface area contributed by atoms with Gasteiger partial charge in [0.15, 0.2) is 0 Å². The predicted molar refractivity (Wildman–Crippen MR) is 73.0 cm³/mol. The van der Waals surface area contributed by atoms with E-state index in [1.807, 2.05) is 13.0 Å². The number of piperazine rings is 1. The Morgan fingerprint density at radius 3 is 3.00 bits per heavy atom. The Hall–Kier alpha value is -2.11. The molecule has 0 aromatic carbocycles. The molecule has 2 heterocycles. The quantitative estimate of drug-likeness (QED) is 0.860. The van der Waals surface area contributed by atoms with Gasteiger partial charge in [-0.3, -0.25) is 9.59 Å². The molecule has 0 spiro atoms. The first-order valence-corrected chi connectivity index (χ1v) is 6.71. The van der Waals surface area contributed by atoms with Gasteiger partial charge in [-0.25, -0.2) is 4.98 Å². The number of amides is 2. The van der Waals surface area contributed by atoms with Crippen molar-refractivity contribution in [3.05, 3.63) is 23.9 Å². The molecule has 1 aromatic heterocycles. The maximum atomic E-state index is 12.3. The smallest absolute Gasteiger partial charge is 0.245 e. The van der Waals surface area contributed by atoms with Gasteiger partial charge in [-0.05, 0) is 12.5 Å². The number of hydrogen-bond acceptors (Lipinski definition) is 4. The Kier molecular flexibility index (Phi) is 4.55. The van der Waals surface area contributed by atoms with Crippen LogP contribution in [0, 0.1) is 0 Å². The summed E-state index contributed by atoms with van der Waals surface area (Å²) in [7, 11) is 1.54. The molecule has 1 aliphatic rings. The first-order valence-electron chi connectivity index (χ1n) is 6.71. The van der Waals surface area contributed by atoms with Crippen molar-refractivity contribution in [2.24, 2.45) is 0 Å². The number of aromatic nitrogens is 1. The molecule has 2 rings (SSSR count). The van der Waals surface area contributed by atoms with Crippen LogP contribution in [0.25, 0.3) is 0 Å². The van der Waals surface area contributed by atoms with Gasteiger partial charge in [-0.1, -0.05) is 19.4 Å². The van der Waals surface area contributed by atoms with Gasteiger partial charge < -0.3 is 15.0 Å². The fourth-order valence-corrected chi connectivity index (χ4v) is 2.33. The van der Waals surface area contributed by atoms with Gasteiger partial charge >= 0.3 is 0 Å². The molecule has 0 saturated carbocycles. The average Bonchev–Trinajstić information content (AvgIpc) is 2.44. The van der Waals surface area contributed by atoms with E-state index in [1.54, 1.807) is 17.2 Å². The van der Waals surface area contributed by atoms with E-state index in [2.05, 4.69) is 10.3 Å². The molecular formula is C14H19N3O3. The second kappa shape index (κ2) is 6.36. The molecule has 1 fully saturated rings. The lowest BCUT2D eigenvalue weighted by Gasteiger charge is -2.32. The van der Waals surface area contributed by atoms with Gasteiger partial charge in [0.25, 0.3) is 0 Å². The van der Waals surface area contributed by atoms with E-state index in [0.717, 1.165) is 12.0 Å². The van der Waals surface area contributed by atoms with E-state index in [9.17, 15) is 9.59 Å². The fourth-order valence-electron chi connectivity index (χ4n) is 2.33. The number of ether oxygens (including phenoxy) is 1. The summed E-state index contributed by atoms with van der Waals surface area (Å²) in [5, 5.41) is 2.73. The minimum absolute atomic E-state index is 0.0441. The van der Waals surface area contributed by atoms with E-state index >= 15 is 0 Å². The topological polar surface area (TPSA) is 71.5 Å². The van der Waals surface area contributed by atoms with Crippen molar-refractivity contribution < 1.29 is 14.3 Å². The van der Waals surface area contributed by atoms with Crippen LogP contribution < -0.4 is 10.1 Å².